The molecule has 3 aliphatic rings. The second-order valence-electron chi connectivity index (χ2n) is 7.14. The fourth-order valence-corrected chi connectivity index (χ4v) is 5.36. The fraction of sp³-hybridized carbons (Fsp3) is 0.684. The van der Waals surface area contributed by atoms with E-state index in [4.69, 9.17) is 7.48 Å². The molecule has 4 rings (SSSR count). The van der Waals surface area contributed by atoms with Crippen LogP contribution in [-0.2, 0) is 11.8 Å². The van der Waals surface area contributed by atoms with Gasteiger partial charge < -0.3 is 9.64 Å². The lowest BCUT2D eigenvalue weighted by Crippen LogP contribution is -2.59. The zero-order valence-electron chi connectivity index (χ0n) is 15.2. The topological polar surface area (TPSA) is 12.5 Å². The average Bonchev–Trinajstić information content (AvgIpc) is 2.50. The second-order valence-corrected chi connectivity index (χ2v) is 7.14. The standard InChI is InChI=1S/C19H27NO/c1-3-21-15-8-7-14-12-18-16-6-4-5-9-19(16,17(14)13-15)10-11-20(18)2/h7-8,13,16,18H,3-6,9-12H2,1-2H3/t16-,18+,19+/m1/s1/i3D2. The molecule has 1 aromatic carbocycles. The number of benzene rings is 1. The molecule has 3 atom stereocenters. The van der Waals surface area contributed by atoms with E-state index in [0.29, 0.717) is 17.2 Å². The number of nitrogens with zero attached hydrogens (tertiary/aromatic N) is 1. The monoisotopic (exact) mass is 287 g/mol. The summed E-state index contributed by atoms with van der Waals surface area (Å²) in [5.74, 6) is 1.45. The minimum absolute atomic E-state index is 0.308. The Morgan fingerprint density at radius 2 is 2.29 bits per heavy atom. The predicted octanol–water partition coefficient (Wildman–Crippen LogP) is 3.77. The highest BCUT2D eigenvalue weighted by Gasteiger charge is 2.53. The summed E-state index contributed by atoms with van der Waals surface area (Å²) in [7, 11) is 2.29. The molecule has 21 heavy (non-hydrogen) atoms. The molecule has 2 fully saturated rings. The van der Waals surface area contributed by atoms with Gasteiger partial charge in [0, 0.05) is 11.5 Å². The summed E-state index contributed by atoms with van der Waals surface area (Å²) in [5, 5.41) is 0. The lowest BCUT2D eigenvalue weighted by molar-refractivity contribution is 0.00271. The van der Waals surface area contributed by atoms with Crippen molar-refractivity contribution in [1.29, 1.82) is 0 Å². The zero-order valence-corrected chi connectivity index (χ0v) is 13.2. The Bertz CT molecular complexity index is 612. The summed E-state index contributed by atoms with van der Waals surface area (Å²) >= 11 is 0. The molecule has 2 bridgehead atoms. The molecule has 0 unspecified atom stereocenters. The number of piperidine rings is 1. The zero-order chi connectivity index (χ0) is 16.2. The third-order valence-electron chi connectivity index (χ3n) is 6.31. The summed E-state index contributed by atoms with van der Waals surface area (Å²) in [5.41, 5.74) is 3.24. The molecule has 2 nitrogen and oxygen atoms in total. The van der Waals surface area contributed by atoms with E-state index in [0.717, 1.165) is 12.3 Å². The van der Waals surface area contributed by atoms with Gasteiger partial charge >= 0.3 is 0 Å². The van der Waals surface area contributed by atoms with Gasteiger partial charge in [-0.2, -0.15) is 0 Å². The van der Waals surface area contributed by atoms with Gasteiger partial charge in [-0.1, -0.05) is 18.9 Å². The maximum absolute atomic E-state index is 7.69. The minimum atomic E-state index is -1.62. The summed E-state index contributed by atoms with van der Waals surface area (Å²) < 4.78 is 20.9. The summed E-state index contributed by atoms with van der Waals surface area (Å²) in [6.07, 6.45) is 7.69. The van der Waals surface area contributed by atoms with Crippen LogP contribution >= 0.6 is 0 Å². The highest BCUT2D eigenvalue weighted by Crippen LogP contribution is 2.55. The van der Waals surface area contributed by atoms with Crippen molar-refractivity contribution < 1.29 is 7.48 Å². The molecule has 0 amide bonds. The number of fused-ring (bicyclic) bond motifs is 1. The van der Waals surface area contributed by atoms with Crippen molar-refractivity contribution in [2.75, 3.05) is 20.2 Å². The Hall–Kier alpha value is -1.02. The van der Waals surface area contributed by atoms with Gasteiger partial charge in [-0.05, 0) is 75.4 Å². The van der Waals surface area contributed by atoms with Crippen LogP contribution in [0.2, 0.25) is 0 Å². The molecule has 2 heteroatoms. The van der Waals surface area contributed by atoms with Crippen LogP contribution in [0.3, 0.4) is 0 Å². The first-order valence-electron chi connectivity index (χ1n) is 9.42. The Kier molecular flexibility index (Phi) is 2.75. The Labute approximate surface area is 131 Å². The van der Waals surface area contributed by atoms with Crippen LogP contribution in [0, 0.1) is 5.92 Å². The van der Waals surface area contributed by atoms with Crippen LogP contribution in [0.15, 0.2) is 18.2 Å². The molecule has 0 N–H and O–H groups in total. The maximum Gasteiger partial charge on any atom is 0.119 e. The summed E-state index contributed by atoms with van der Waals surface area (Å²) in [4.78, 5) is 2.58. The van der Waals surface area contributed by atoms with Gasteiger partial charge in [0.2, 0.25) is 0 Å². The molecular weight excluding hydrogens is 258 g/mol. The van der Waals surface area contributed by atoms with Crippen molar-refractivity contribution in [2.45, 2.75) is 56.9 Å². The molecule has 1 aromatic rings. The number of hydrogen-bond donors (Lipinski definition) is 0. The molecule has 0 aromatic heterocycles. The average molecular weight is 287 g/mol. The molecule has 0 spiro atoms. The van der Waals surface area contributed by atoms with Crippen LogP contribution in [0.1, 0.15) is 52.9 Å². The van der Waals surface area contributed by atoms with Crippen molar-refractivity contribution in [1.82, 2.24) is 4.90 Å². The quantitative estimate of drug-likeness (QED) is 0.821. The molecule has 1 heterocycles. The van der Waals surface area contributed by atoms with E-state index in [-0.39, 0.29) is 0 Å². The molecule has 1 saturated carbocycles. The smallest absolute Gasteiger partial charge is 0.119 e. The van der Waals surface area contributed by atoms with Crippen LogP contribution in [0.5, 0.6) is 5.75 Å². The number of hydrogen-bond acceptors (Lipinski definition) is 2. The number of ether oxygens (including phenoxy) is 1. The highest BCUT2D eigenvalue weighted by molar-refractivity contribution is 5.45. The van der Waals surface area contributed by atoms with Crippen molar-refractivity contribution in [3.63, 3.8) is 0 Å². The van der Waals surface area contributed by atoms with E-state index in [1.807, 2.05) is 6.07 Å². The van der Waals surface area contributed by atoms with Gasteiger partial charge in [0.1, 0.15) is 5.75 Å². The lowest BCUT2D eigenvalue weighted by atomic mass is 9.52. The molecule has 2 aliphatic carbocycles. The van der Waals surface area contributed by atoms with Crippen molar-refractivity contribution in [3.05, 3.63) is 29.3 Å². The Balaban J connectivity index is 1.79. The Morgan fingerprint density at radius 1 is 1.38 bits per heavy atom. The van der Waals surface area contributed by atoms with E-state index in [1.54, 1.807) is 0 Å². The van der Waals surface area contributed by atoms with Gasteiger partial charge in [-0.15, -0.1) is 0 Å². The van der Waals surface area contributed by atoms with E-state index in [1.165, 1.54) is 56.7 Å². The predicted molar refractivity (Wildman–Crippen MR) is 86.0 cm³/mol. The van der Waals surface area contributed by atoms with Crippen molar-refractivity contribution >= 4 is 0 Å². The first-order valence-corrected chi connectivity index (χ1v) is 8.42. The largest absolute Gasteiger partial charge is 0.494 e. The summed E-state index contributed by atoms with van der Waals surface area (Å²) in [6, 6.07) is 6.99. The second kappa shape index (κ2) is 5.01. The lowest BCUT2D eigenvalue weighted by Gasteiger charge is -2.58. The van der Waals surface area contributed by atoms with Crippen LogP contribution in [0.25, 0.3) is 0 Å². The van der Waals surface area contributed by atoms with Gasteiger partial charge in [-0.3, -0.25) is 0 Å². The van der Waals surface area contributed by atoms with Crippen LogP contribution < -0.4 is 4.74 Å². The van der Waals surface area contributed by atoms with Crippen LogP contribution in [-0.4, -0.2) is 31.1 Å². The fourth-order valence-electron chi connectivity index (χ4n) is 5.36. The van der Waals surface area contributed by atoms with Gasteiger partial charge in [0.25, 0.3) is 0 Å². The highest BCUT2D eigenvalue weighted by atomic mass is 16.5. The molecule has 1 saturated heterocycles. The molecule has 1 aliphatic heterocycles. The third-order valence-corrected chi connectivity index (χ3v) is 6.31. The molecular formula is C19H27NO. The maximum atomic E-state index is 7.69. The third kappa shape index (κ3) is 1.95. The van der Waals surface area contributed by atoms with E-state index in [2.05, 4.69) is 24.1 Å². The first kappa shape index (κ1) is 11.5. The van der Waals surface area contributed by atoms with E-state index >= 15 is 0 Å². The first-order chi connectivity index (χ1) is 10.9. The molecule has 0 radical (unpaired) electrons. The number of likely N-dealkylation sites (N-methyl/N-ethyl adjacent to an activating group) is 1. The number of likely N-dealkylation sites (tertiary alicyclic amines) is 1. The molecule has 114 valence electrons. The van der Waals surface area contributed by atoms with Crippen molar-refractivity contribution in [3.8, 4) is 5.75 Å². The van der Waals surface area contributed by atoms with Crippen molar-refractivity contribution in [2.24, 2.45) is 5.92 Å². The normalized spacial score (nSPS) is 37.0. The number of rotatable bonds is 2. The van der Waals surface area contributed by atoms with E-state index in [9.17, 15) is 0 Å². The van der Waals surface area contributed by atoms with E-state index < -0.39 is 6.56 Å². The SMILES string of the molecule is [2H]C([2H])(C)Oc1ccc2c(c1)[C@]13CCCC[C@@H]1[C@H](C2)N(C)CC3. The van der Waals surface area contributed by atoms with Gasteiger partial charge in [0.05, 0.1) is 9.30 Å². The van der Waals surface area contributed by atoms with Gasteiger partial charge in [0.15, 0.2) is 0 Å². The summed E-state index contributed by atoms with van der Waals surface area (Å²) in [6.45, 7) is 1.03. The Morgan fingerprint density at radius 3 is 3.14 bits per heavy atom. The minimum Gasteiger partial charge on any atom is -0.494 e. The van der Waals surface area contributed by atoms with Crippen LogP contribution in [0.4, 0.5) is 0 Å². The van der Waals surface area contributed by atoms with Gasteiger partial charge in [-0.25, -0.2) is 0 Å².